The third kappa shape index (κ3) is 11.8. The highest BCUT2D eigenvalue weighted by Crippen LogP contribution is 2.36. The topological polar surface area (TPSA) is 48.5 Å². The highest BCUT2D eigenvalue weighted by Gasteiger charge is 2.32. The molecule has 3 nitrogen and oxygen atoms in total. The quantitative estimate of drug-likeness (QED) is 0.126. The maximum absolute atomic E-state index is 14.1. The van der Waals surface area contributed by atoms with Crippen LogP contribution in [0.15, 0.2) is 58.8 Å². The van der Waals surface area contributed by atoms with E-state index in [0.29, 0.717) is 6.42 Å². The lowest BCUT2D eigenvalue weighted by atomic mass is 9.73. The Morgan fingerprint density at radius 3 is 2.00 bits per heavy atom. The molecular weight excluding hydrogens is 476 g/mol. The van der Waals surface area contributed by atoms with E-state index in [1.807, 2.05) is 12.1 Å². The van der Waals surface area contributed by atoms with Gasteiger partial charge in [0.05, 0.1) is 17.5 Å². The van der Waals surface area contributed by atoms with Crippen LogP contribution < -0.4 is 0 Å². The Morgan fingerprint density at radius 1 is 0.789 bits per heavy atom. The summed E-state index contributed by atoms with van der Waals surface area (Å²) in [5.41, 5.74) is 1.04. The highest BCUT2D eigenvalue weighted by atomic mass is 19.1. The zero-order valence-electron chi connectivity index (χ0n) is 23.6. The molecule has 208 valence electrons. The lowest BCUT2D eigenvalue weighted by Gasteiger charge is -2.28. The van der Waals surface area contributed by atoms with Crippen LogP contribution in [0.4, 0.5) is 8.78 Å². The number of halogens is 2. The van der Waals surface area contributed by atoms with Crippen LogP contribution in [-0.4, -0.2) is 13.1 Å². The van der Waals surface area contributed by atoms with Gasteiger partial charge in [-0.05, 0) is 73.9 Å². The van der Waals surface area contributed by atoms with Gasteiger partial charge in [0.2, 0.25) is 0 Å². The Kier molecular flexibility index (Phi) is 15.5. The SMILES string of the molecule is CCCCCCCCCCCCC(C#N)(CCCC(CCc1cccc(F)c1)/N=N/C)c1cccc(F)c1. The van der Waals surface area contributed by atoms with E-state index in [0.717, 1.165) is 56.1 Å². The fourth-order valence-electron chi connectivity index (χ4n) is 5.38. The Morgan fingerprint density at radius 2 is 1.39 bits per heavy atom. The number of hydrogen-bond donors (Lipinski definition) is 0. The molecule has 2 aromatic rings. The second kappa shape index (κ2) is 18.6. The van der Waals surface area contributed by atoms with Crippen molar-refractivity contribution in [2.24, 2.45) is 10.2 Å². The number of hydrogen-bond acceptors (Lipinski definition) is 3. The van der Waals surface area contributed by atoms with Gasteiger partial charge in [0.25, 0.3) is 0 Å². The van der Waals surface area contributed by atoms with Gasteiger partial charge in [-0.15, -0.1) is 0 Å². The van der Waals surface area contributed by atoms with Gasteiger partial charge in [-0.2, -0.15) is 15.5 Å². The molecule has 0 aliphatic heterocycles. The molecule has 2 atom stereocenters. The first-order valence-electron chi connectivity index (χ1n) is 14.7. The van der Waals surface area contributed by atoms with Crippen molar-refractivity contribution in [1.29, 1.82) is 5.26 Å². The summed E-state index contributed by atoms with van der Waals surface area (Å²) in [6.07, 6.45) is 16.9. The van der Waals surface area contributed by atoms with Crippen molar-refractivity contribution in [3.63, 3.8) is 0 Å². The zero-order chi connectivity index (χ0) is 27.5. The largest absolute Gasteiger partial charge is 0.207 e. The number of nitriles is 1. The smallest absolute Gasteiger partial charge is 0.123 e. The second-order valence-electron chi connectivity index (χ2n) is 10.7. The molecule has 2 aromatic carbocycles. The molecule has 0 fully saturated rings. The van der Waals surface area contributed by atoms with Crippen LogP contribution in [0.5, 0.6) is 0 Å². The molecular formula is C33H47F2N3. The number of aryl methyl sites for hydroxylation is 1. The molecule has 0 bridgehead atoms. The van der Waals surface area contributed by atoms with Crippen molar-refractivity contribution in [2.45, 2.75) is 121 Å². The van der Waals surface area contributed by atoms with Crippen LogP contribution >= 0.6 is 0 Å². The summed E-state index contributed by atoms with van der Waals surface area (Å²) in [6.45, 7) is 2.25. The van der Waals surface area contributed by atoms with Gasteiger partial charge in [0.15, 0.2) is 0 Å². The van der Waals surface area contributed by atoms with Crippen molar-refractivity contribution in [1.82, 2.24) is 0 Å². The number of benzene rings is 2. The fourth-order valence-corrected chi connectivity index (χ4v) is 5.38. The summed E-state index contributed by atoms with van der Waals surface area (Å²) in [5.74, 6) is -0.519. The molecule has 5 heteroatoms. The molecule has 0 aromatic heterocycles. The molecule has 0 amide bonds. The van der Waals surface area contributed by atoms with E-state index in [9.17, 15) is 14.0 Å². The average Bonchev–Trinajstić information content (AvgIpc) is 2.92. The Balaban J connectivity index is 1.91. The summed E-state index contributed by atoms with van der Waals surface area (Å²) in [5, 5.41) is 18.8. The summed E-state index contributed by atoms with van der Waals surface area (Å²) in [6, 6.07) is 15.9. The van der Waals surface area contributed by atoms with Crippen LogP contribution in [0.1, 0.15) is 114 Å². The van der Waals surface area contributed by atoms with Gasteiger partial charge >= 0.3 is 0 Å². The summed E-state index contributed by atoms with van der Waals surface area (Å²) < 4.78 is 27.7. The highest BCUT2D eigenvalue weighted by molar-refractivity contribution is 5.32. The zero-order valence-corrected chi connectivity index (χ0v) is 23.6. The number of rotatable bonds is 20. The normalized spacial score (nSPS) is 13.9. The molecule has 0 saturated carbocycles. The minimum atomic E-state index is -0.696. The average molecular weight is 524 g/mol. The van der Waals surface area contributed by atoms with Gasteiger partial charge in [-0.25, -0.2) is 8.78 Å². The third-order valence-electron chi connectivity index (χ3n) is 7.62. The number of azo groups is 1. The second-order valence-corrected chi connectivity index (χ2v) is 10.7. The summed E-state index contributed by atoms with van der Waals surface area (Å²) in [7, 11) is 1.67. The van der Waals surface area contributed by atoms with E-state index in [2.05, 4.69) is 23.2 Å². The van der Waals surface area contributed by atoms with Gasteiger partial charge in [0, 0.05) is 7.05 Å². The molecule has 2 unspecified atom stereocenters. The first kappa shape index (κ1) is 31.6. The van der Waals surface area contributed by atoms with Crippen LogP contribution in [0.3, 0.4) is 0 Å². The molecule has 2 rings (SSSR count). The summed E-state index contributed by atoms with van der Waals surface area (Å²) >= 11 is 0. The van der Waals surface area contributed by atoms with Gasteiger partial charge in [0.1, 0.15) is 11.6 Å². The Bertz CT molecular complexity index is 984. The fraction of sp³-hybridized carbons (Fsp3) is 0.606. The molecule has 0 radical (unpaired) electrons. The van der Waals surface area contributed by atoms with E-state index in [1.165, 1.54) is 69.6 Å². The lowest BCUT2D eigenvalue weighted by molar-refractivity contribution is 0.398. The number of nitrogens with zero attached hydrogens (tertiary/aromatic N) is 3. The molecule has 0 saturated heterocycles. The Hall–Kier alpha value is -2.61. The van der Waals surface area contributed by atoms with E-state index in [-0.39, 0.29) is 17.7 Å². The number of unbranched alkanes of at least 4 members (excludes halogenated alkanes) is 9. The first-order chi connectivity index (χ1) is 18.5. The minimum absolute atomic E-state index is 0.0181. The van der Waals surface area contributed by atoms with Crippen LogP contribution in [0.2, 0.25) is 0 Å². The third-order valence-corrected chi connectivity index (χ3v) is 7.62. The maximum Gasteiger partial charge on any atom is 0.123 e. The predicted octanol–water partition coefficient (Wildman–Crippen LogP) is 10.3. The molecule has 38 heavy (non-hydrogen) atoms. The standard InChI is InChI=1S/C33H47F2N3/c1-3-4-5-6-7-8-9-10-11-12-23-33(27-36,29-17-14-19-31(35)26-29)24-15-20-32(38-37-2)22-21-28-16-13-18-30(34)25-28/h13-14,16-19,25-26,32H,3-12,15,20-24H2,1-2H3/b38-37+. The van der Waals surface area contributed by atoms with E-state index in [4.69, 9.17) is 0 Å². The molecule has 0 N–H and O–H groups in total. The van der Waals surface area contributed by atoms with E-state index >= 15 is 0 Å². The molecule has 0 aliphatic rings. The lowest BCUT2D eigenvalue weighted by Crippen LogP contribution is -2.25. The molecule has 0 spiro atoms. The van der Waals surface area contributed by atoms with Crippen LogP contribution in [0.25, 0.3) is 0 Å². The summed E-state index contributed by atoms with van der Waals surface area (Å²) in [4.78, 5) is 0. The molecule has 0 aliphatic carbocycles. The van der Waals surface area contributed by atoms with Crippen LogP contribution in [-0.2, 0) is 11.8 Å². The monoisotopic (exact) mass is 523 g/mol. The molecule has 0 heterocycles. The predicted molar refractivity (Wildman–Crippen MR) is 153 cm³/mol. The van der Waals surface area contributed by atoms with Crippen molar-refractivity contribution in [3.8, 4) is 6.07 Å². The van der Waals surface area contributed by atoms with Gasteiger partial charge < -0.3 is 0 Å². The van der Waals surface area contributed by atoms with E-state index in [1.54, 1.807) is 25.2 Å². The van der Waals surface area contributed by atoms with E-state index < -0.39 is 5.41 Å². The minimum Gasteiger partial charge on any atom is -0.207 e. The van der Waals surface area contributed by atoms with Crippen molar-refractivity contribution in [3.05, 3.63) is 71.3 Å². The maximum atomic E-state index is 14.1. The Labute approximate surface area is 229 Å². The van der Waals surface area contributed by atoms with Crippen LogP contribution in [0, 0.1) is 23.0 Å². The first-order valence-corrected chi connectivity index (χ1v) is 14.7. The van der Waals surface area contributed by atoms with Gasteiger partial charge in [-0.3, -0.25) is 0 Å². The van der Waals surface area contributed by atoms with Gasteiger partial charge in [-0.1, -0.05) is 95.4 Å². The van der Waals surface area contributed by atoms with Crippen molar-refractivity contribution >= 4 is 0 Å². The van der Waals surface area contributed by atoms with Crippen molar-refractivity contribution in [2.75, 3.05) is 7.05 Å². The van der Waals surface area contributed by atoms with Crippen molar-refractivity contribution < 1.29 is 8.78 Å².